The summed E-state index contributed by atoms with van der Waals surface area (Å²) in [6, 6.07) is 4.28. The SMILES string of the molecule is O=C(N1CCC(CSC2=NCCS2)CC1)C1(c2cccs2)CCCC1. The third-order valence-electron chi connectivity index (χ3n) is 5.76. The van der Waals surface area contributed by atoms with Crippen LogP contribution in [0, 0.1) is 5.92 Å². The molecule has 3 nitrogen and oxygen atoms in total. The largest absolute Gasteiger partial charge is 0.342 e. The molecule has 136 valence electrons. The monoisotopic (exact) mass is 394 g/mol. The molecule has 0 unspecified atom stereocenters. The summed E-state index contributed by atoms with van der Waals surface area (Å²) >= 11 is 5.60. The molecule has 1 aromatic rings. The van der Waals surface area contributed by atoms with Gasteiger partial charge in [0.15, 0.2) is 0 Å². The van der Waals surface area contributed by atoms with Crippen LogP contribution >= 0.6 is 34.9 Å². The molecule has 4 rings (SSSR count). The average Bonchev–Trinajstić information content (AvgIpc) is 3.42. The Kier molecular flexibility index (Phi) is 5.77. The number of thiophene rings is 1. The summed E-state index contributed by atoms with van der Waals surface area (Å²) in [4.78, 5) is 21.4. The van der Waals surface area contributed by atoms with Gasteiger partial charge in [0.25, 0.3) is 0 Å². The number of carbonyl (C=O) groups excluding carboxylic acids is 1. The molecule has 1 saturated heterocycles. The minimum absolute atomic E-state index is 0.203. The number of amides is 1. The molecule has 6 heteroatoms. The lowest BCUT2D eigenvalue weighted by Gasteiger charge is -2.38. The van der Waals surface area contributed by atoms with E-state index in [1.165, 1.54) is 27.8 Å². The molecule has 25 heavy (non-hydrogen) atoms. The molecule has 1 aliphatic carbocycles. The van der Waals surface area contributed by atoms with Gasteiger partial charge in [0, 0.05) is 29.5 Å². The molecule has 3 heterocycles. The molecule has 0 radical (unpaired) electrons. The van der Waals surface area contributed by atoms with E-state index in [-0.39, 0.29) is 5.41 Å². The smallest absolute Gasteiger partial charge is 0.234 e. The molecule has 1 amide bonds. The first-order valence-electron chi connectivity index (χ1n) is 9.41. The highest BCUT2D eigenvalue weighted by Gasteiger charge is 2.46. The van der Waals surface area contributed by atoms with Crippen molar-refractivity contribution in [2.45, 2.75) is 43.9 Å². The van der Waals surface area contributed by atoms with E-state index in [9.17, 15) is 4.79 Å². The molecule has 0 spiro atoms. The van der Waals surface area contributed by atoms with Gasteiger partial charge in [0.2, 0.25) is 5.91 Å². The number of hydrogen-bond acceptors (Lipinski definition) is 5. The molecule has 0 N–H and O–H groups in total. The van der Waals surface area contributed by atoms with Gasteiger partial charge >= 0.3 is 0 Å². The first-order chi connectivity index (χ1) is 12.3. The number of piperidine rings is 1. The third-order valence-corrected chi connectivity index (χ3v) is 9.32. The van der Waals surface area contributed by atoms with Crippen molar-refractivity contribution in [1.82, 2.24) is 4.90 Å². The number of likely N-dealkylation sites (tertiary alicyclic amines) is 1. The average molecular weight is 395 g/mol. The van der Waals surface area contributed by atoms with Crippen molar-refractivity contribution in [3.8, 4) is 0 Å². The van der Waals surface area contributed by atoms with Gasteiger partial charge in [-0.1, -0.05) is 42.4 Å². The van der Waals surface area contributed by atoms with Gasteiger partial charge in [-0.3, -0.25) is 9.79 Å². The molecule has 1 saturated carbocycles. The Bertz CT molecular complexity index is 615. The van der Waals surface area contributed by atoms with Gasteiger partial charge < -0.3 is 4.90 Å². The zero-order valence-corrected chi connectivity index (χ0v) is 17.1. The van der Waals surface area contributed by atoms with Crippen LogP contribution in [0.3, 0.4) is 0 Å². The van der Waals surface area contributed by atoms with Gasteiger partial charge in [-0.05, 0) is 43.0 Å². The Morgan fingerprint density at radius 3 is 2.76 bits per heavy atom. The van der Waals surface area contributed by atoms with Crippen molar-refractivity contribution >= 4 is 45.1 Å². The van der Waals surface area contributed by atoms with Gasteiger partial charge in [0.05, 0.1) is 12.0 Å². The van der Waals surface area contributed by atoms with Gasteiger partial charge in [-0.15, -0.1) is 11.3 Å². The van der Waals surface area contributed by atoms with E-state index in [4.69, 9.17) is 0 Å². The summed E-state index contributed by atoms with van der Waals surface area (Å²) in [5.41, 5.74) is -0.203. The second-order valence-electron chi connectivity index (χ2n) is 7.31. The first kappa shape index (κ1) is 17.9. The summed E-state index contributed by atoms with van der Waals surface area (Å²) in [6.07, 6.45) is 6.76. The van der Waals surface area contributed by atoms with E-state index in [0.717, 1.165) is 57.0 Å². The van der Waals surface area contributed by atoms with Crippen LogP contribution in [0.2, 0.25) is 0 Å². The summed E-state index contributed by atoms with van der Waals surface area (Å²) in [5.74, 6) is 3.47. The molecular formula is C19H26N2OS3. The maximum absolute atomic E-state index is 13.4. The van der Waals surface area contributed by atoms with Crippen LogP contribution in [0.4, 0.5) is 0 Å². The minimum atomic E-state index is -0.203. The van der Waals surface area contributed by atoms with Crippen LogP contribution in [0.25, 0.3) is 0 Å². The Labute approximate surface area is 163 Å². The zero-order valence-electron chi connectivity index (χ0n) is 14.6. The van der Waals surface area contributed by atoms with Crippen LogP contribution in [-0.4, -0.2) is 46.3 Å². The Balaban J connectivity index is 1.34. The fraction of sp³-hybridized carbons (Fsp3) is 0.684. The van der Waals surface area contributed by atoms with Crippen molar-refractivity contribution in [1.29, 1.82) is 0 Å². The highest BCUT2D eigenvalue weighted by molar-refractivity contribution is 8.39. The quantitative estimate of drug-likeness (QED) is 0.746. The third kappa shape index (κ3) is 3.81. The van der Waals surface area contributed by atoms with Crippen LogP contribution in [0.1, 0.15) is 43.4 Å². The predicted molar refractivity (Wildman–Crippen MR) is 111 cm³/mol. The summed E-state index contributed by atoms with van der Waals surface area (Å²) in [7, 11) is 0. The van der Waals surface area contributed by atoms with Crippen LogP contribution < -0.4 is 0 Å². The van der Waals surface area contributed by atoms with E-state index in [1.807, 2.05) is 23.5 Å². The van der Waals surface area contributed by atoms with Crippen molar-refractivity contribution in [3.05, 3.63) is 22.4 Å². The van der Waals surface area contributed by atoms with Crippen molar-refractivity contribution in [2.24, 2.45) is 10.9 Å². The van der Waals surface area contributed by atoms with Crippen LogP contribution in [0.5, 0.6) is 0 Å². The lowest BCUT2D eigenvalue weighted by Crippen LogP contribution is -2.48. The molecular weight excluding hydrogens is 368 g/mol. The molecule has 0 bridgehead atoms. The topological polar surface area (TPSA) is 32.7 Å². The summed E-state index contributed by atoms with van der Waals surface area (Å²) in [5, 5.41) is 2.12. The van der Waals surface area contributed by atoms with Crippen molar-refractivity contribution in [3.63, 3.8) is 0 Å². The van der Waals surface area contributed by atoms with Crippen molar-refractivity contribution in [2.75, 3.05) is 31.1 Å². The van der Waals surface area contributed by atoms with Crippen LogP contribution in [0.15, 0.2) is 22.5 Å². The maximum atomic E-state index is 13.4. The summed E-state index contributed by atoms with van der Waals surface area (Å²) in [6.45, 7) is 2.87. The number of thioether (sulfide) groups is 2. The highest BCUT2D eigenvalue weighted by Crippen LogP contribution is 2.45. The number of rotatable bonds is 4. The molecule has 3 aliphatic rings. The molecule has 0 aromatic carbocycles. The predicted octanol–water partition coefficient (Wildman–Crippen LogP) is 4.63. The molecule has 1 aromatic heterocycles. The fourth-order valence-corrected chi connectivity index (χ4v) is 7.49. The molecule has 2 fully saturated rings. The Morgan fingerprint density at radius 2 is 2.12 bits per heavy atom. The normalized spacial score (nSPS) is 23.8. The van der Waals surface area contributed by atoms with Crippen molar-refractivity contribution < 1.29 is 4.79 Å². The van der Waals surface area contributed by atoms with E-state index in [1.54, 1.807) is 11.3 Å². The lowest BCUT2D eigenvalue weighted by molar-refractivity contribution is -0.138. The van der Waals surface area contributed by atoms with E-state index in [2.05, 4.69) is 27.4 Å². The van der Waals surface area contributed by atoms with E-state index >= 15 is 0 Å². The second-order valence-corrected chi connectivity index (χ2v) is 10.6. The zero-order chi connectivity index (χ0) is 17.1. The van der Waals surface area contributed by atoms with Gasteiger partial charge in [0.1, 0.15) is 4.38 Å². The number of hydrogen-bond donors (Lipinski definition) is 0. The second kappa shape index (κ2) is 8.05. The van der Waals surface area contributed by atoms with Crippen LogP contribution in [-0.2, 0) is 10.2 Å². The van der Waals surface area contributed by atoms with Gasteiger partial charge in [-0.2, -0.15) is 0 Å². The number of nitrogens with zero attached hydrogens (tertiary/aromatic N) is 2. The molecule has 0 atom stereocenters. The standard InChI is InChI=1S/C19H26N2OS3/c22-17(19(7-1-2-8-19)16-4-3-12-23-16)21-10-5-15(6-11-21)14-25-18-20-9-13-24-18/h3-4,12,15H,1-2,5-11,13-14H2. The van der Waals surface area contributed by atoms with E-state index < -0.39 is 0 Å². The maximum Gasteiger partial charge on any atom is 0.234 e. The number of aliphatic imine (C=N–C) groups is 1. The lowest BCUT2D eigenvalue weighted by atomic mass is 9.82. The Morgan fingerprint density at radius 1 is 1.32 bits per heavy atom. The highest BCUT2D eigenvalue weighted by atomic mass is 32.2. The first-order valence-corrected chi connectivity index (χ1v) is 12.3. The number of carbonyl (C=O) groups is 1. The van der Waals surface area contributed by atoms with Gasteiger partial charge in [-0.25, -0.2) is 0 Å². The summed E-state index contributed by atoms with van der Waals surface area (Å²) < 4.78 is 1.28. The fourth-order valence-electron chi connectivity index (χ4n) is 4.29. The Hall–Kier alpha value is -0.460. The minimum Gasteiger partial charge on any atom is -0.342 e. The molecule has 2 aliphatic heterocycles. The van der Waals surface area contributed by atoms with E-state index in [0.29, 0.717) is 5.91 Å².